The minimum absolute atomic E-state index is 0.000318. The predicted octanol–water partition coefficient (Wildman–Crippen LogP) is 2.73. The average molecular weight is 289 g/mol. The Morgan fingerprint density at radius 2 is 1.90 bits per heavy atom. The second-order valence-electron chi connectivity index (χ2n) is 6.17. The van der Waals surface area contributed by atoms with Gasteiger partial charge >= 0.3 is 5.97 Å². The van der Waals surface area contributed by atoms with E-state index in [4.69, 9.17) is 0 Å². The molecule has 1 unspecified atom stereocenters. The van der Waals surface area contributed by atoms with Crippen LogP contribution < -0.4 is 5.32 Å². The Bertz CT molecular complexity index is 517. The first-order chi connectivity index (χ1) is 9.94. The molecule has 1 fully saturated rings. The molecule has 1 aromatic carbocycles. The van der Waals surface area contributed by atoms with Crippen LogP contribution in [0, 0.1) is 5.41 Å². The Morgan fingerprint density at radius 1 is 1.29 bits per heavy atom. The van der Waals surface area contributed by atoms with Crippen LogP contribution in [-0.2, 0) is 15.0 Å². The fourth-order valence-corrected chi connectivity index (χ4v) is 2.90. The van der Waals surface area contributed by atoms with Crippen LogP contribution in [0.4, 0.5) is 0 Å². The minimum atomic E-state index is -1.10. The van der Waals surface area contributed by atoms with Crippen LogP contribution in [-0.4, -0.2) is 23.5 Å². The summed E-state index contributed by atoms with van der Waals surface area (Å²) in [6.45, 7) is 3.80. The van der Waals surface area contributed by atoms with E-state index < -0.39 is 11.4 Å². The van der Waals surface area contributed by atoms with Crippen molar-refractivity contribution in [2.24, 2.45) is 5.41 Å². The van der Waals surface area contributed by atoms with E-state index in [2.05, 4.69) is 5.32 Å². The van der Waals surface area contributed by atoms with Crippen molar-refractivity contribution in [1.82, 2.24) is 5.32 Å². The average Bonchev–Trinajstić information content (AvgIpc) is 2.45. The molecule has 2 rings (SSSR count). The number of amides is 1. The van der Waals surface area contributed by atoms with Crippen LogP contribution in [0.5, 0.6) is 0 Å². The SMILES string of the molecule is CCC1(C(=O)NCC(C)(C(=O)O)c2ccccc2)CCC1. The zero-order valence-corrected chi connectivity index (χ0v) is 12.7. The van der Waals surface area contributed by atoms with E-state index in [1.807, 2.05) is 25.1 Å². The van der Waals surface area contributed by atoms with Crippen LogP contribution in [0.25, 0.3) is 0 Å². The molecule has 0 aromatic heterocycles. The Balaban J connectivity index is 2.11. The summed E-state index contributed by atoms with van der Waals surface area (Å²) in [5, 5.41) is 12.5. The molecule has 0 heterocycles. The molecule has 1 saturated carbocycles. The molecule has 0 spiro atoms. The van der Waals surface area contributed by atoms with Crippen molar-refractivity contribution >= 4 is 11.9 Å². The molecule has 1 aliphatic rings. The van der Waals surface area contributed by atoms with Crippen molar-refractivity contribution < 1.29 is 14.7 Å². The fraction of sp³-hybridized carbons (Fsp3) is 0.529. The highest BCUT2D eigenvalue weighted by Gasteiger charge is 2.44. The normalized spacial score (nSPS) is 19.1. The maximum Gasteiger partial charge on any atom is 0.315 e. The number of rotatable bonds is 6. The molecule has 0 saturated heterocycles. The third-order valence-electron chi connectivity index (χ3n) is 4.95. The maximum absolute atomic E-state index is 12.4. The molecule has 0 bridgehead atoms. The molecule has 4 nitrogen and oxygen atoms in total. The third kappa shape index (κ3) is 2.80. The van der Waals surface area contributed by atoms with Crippen LogP contribution in [0.1, 0.15) is 45.1 Å². The fourth-order valence-electron chi connectivity index (χ4n) is 2.90. The molecular formula is C17H23NO3. The number of nitrogens with one attached hydrogen (secondary N) is 1. The first kappa shape index (κ1) is 15.5. The highest BCUT2D eigenvalue weighted by Crippen LogP contribution is 2.44. The Hall–Kier alpha value is -1.84. The summed E-state index contributed by atoms with van der Waals surface area (Å²) in [6, 6.07) is 9.07. The van der Waals surface area contributed by atoms with Crippen LogP contribution in [0.2, 0.25) is 0 Å². The van der Waals surface area contributed by atoms with Gasteiger partial charge < -0.3 is 10.4 Å². The Labute approximate surface area is 125 Å². The number of hydrogen-bond donors (Lipinski definition) is 2. The highest BCUT2D eigenvalue weighted by atomic mass is 16.4. The number of carboxylic acids is 1. The summed E-state index contributed by atoms with van der Waals surface area (Å²) < 4.78 is 0. The van der Waals surface area contributed by atoms with Gasteiger partial charge in [-0.05, 0) is 31.7 Å². The van der Waals surface area contributed by atoms with Gasteiger partial charge in [-0.3, -0.25) is 9.59 Å². The summed E-state index contributed by atoms with van der Waals surface area (Å²) in [5.41, 5.74) is -0.664. The lowest BCUT2D eigenvalue weighted by Crippen LogP contribution is -2.51. The van der Waals surface area contributed by atoms with E-state index in [-0.39, 0.29) is 17.9 Å². The molecule has 1 aliphatic carbocycles. The van der Waals surface area contributed by atoms with E-state index >= 15 is 0 Å². The van der Waals surface area contributed by atoms with Gasteiger partial charge in [-0.15, -0.1) is 0 Å². The molecule has 114 valence electrons. The summed E-state index contributed by atoms with van der Waals surface area (Å²) in [6.07, 6.45) is 3.71. The van der Waals surface area contributed by atoms with Crippen LogP contribution in [0.15, 0.2) is 30.3 Å². The van der Waals surface area contributed by atoms with E-state index in [1.54, 1.807) is 19.1 Å². The minimum Gasteiger partial charge on any atom is -0.481 e. The summed E-state index contributed by atoms with van der Waals surface area (Å²) in [7, 11) is 0. The van der Waals surface area contributed by atoms with E-state index in [0.29, 0.717) is 5.56 Å². The zero-order valence-electron chi connectivity index (χ0n) is 12.7. The Kier molecular flexibility index (Phi) is 4.35. The van der Waals surface area contributed by atoms with Crippen molar-refractivity contribution in [2.45, 2.75) is 44.9 Å². The van der Waals surface area contributed by atoms with E-state index in [1.165, 1.54) is 0 Å². The second kappa shape index (κ2) is 5.88. The summed E-state index contributed by atoms with van der Waals surface area (Å²) >= 11 is 0. The summed E-state index contributed by atoms with van der Waals surface area (Å²) in [5.74, 6) is -0.923. The topological polar surface area (TPSA) is 66.4 Å². The molecule has 21 heavy (non-hydrogen) atoms. The van der Waals surface area contributed by atoms with Crippen LogP contribution >= 0.6 is 0 Å². The van der Waals surface area contributed by atoms with Gasteiger partial charge in [0, 0.05) is 12.0 Å². The number of carboxylic acid groups (broad SMARTS) is 1. The lowest BCUT2D eigenvalue weighted by molar-refractivity contribution is -0.144. The Morgan fingerprint density at radius 3 is 2.33 bits per heavy atom. The van der Waals surface area contributed by atoms with Gasteiger partial charge in [0.1, 0.15) is 5.41 Å². The van der Waals surface area contributed by atoms with Gasteiger partial charge in [-0.2, -0.15) is 0 Å². The largest absolute Gasteiger partial charge is 0.481 e. The first-order valence-electron chi connectivity index (χ1n) is 7.52. The van der Waals surface area contributed by atoms with E-state index in [0.717, 1.165) is 25.7 Å². The number of benzene rings is 1. The predicted molar refractivity (Wildman–Crippen MR) is 81.0 cm³/mol. The van der Waals surface area contributed by atoms with Gasteiger partial charge in [-0.1, -0.05) is 43.7 Å². The smallest absolute Gasteiger partial charge is 0.315 e. The molecule has 0 aliphatic heterocycles. The molecule has 0 radical (unpaired) electrons. The van der Waals surface area contributed by atoms with Crippen molar-refractivity contribution in [2.75, 3.05) is 6.54 Å². The number of carbonyl (C=O) groups is 2. The third-order valence-corrected chi connectivity index (χ3v) is 4.95. The lowest BCUT2D eigenvalue weighted by Gasteiger charge is -2.40. The van der Waals surface area contributed by atoms with Crippen molar-refractivity contribution in [3.63, 3.8) is 0 Å². The maximum atomic E-state index is 12.4. The standard InChI is InChI=1S/C17H23NO3/c1-3-17(10-7-11-17)14(19)18-12-16(2,15(20)21)13-8-5-4-6-9-13/h4-6,8-9H,3,7,10-12H2,1-2H3,(H,18,19)(H,20,21). The highest BCUT2D eigenvalue weighted by molar-refractivity contribution is 5.86. The van der Waals surface area contributed by atoms with Crippen molar-refractivity contribution in [3.05, 3.63) is 35.9 Å². The van der Waals surface area contributed by atoms with Crippen molar-refractivity contribution in [1.29, 1.82) is 0 Å². The van der Waals surface area contributed by atoms with Gasteiger partial charge in [0.2, 0.25) is 5.91 Å². The van der Waals surface area contributed by atoms with Crippen molar-refractivity contribution in [3.8, 4) is 0 Å². The first-order valence-corrected chi connectivity index (χ1v) is 7.52. The second-order valence-corrected chi connectivity index (χ2v) is 6.17. The molecule has 2 N–H and O–H groups in total. The van der Waals surface area contributed by atoms with E-state index in [9.17, 15) is 14.7 Å². The number of aliphatic carboxylic acids is 1. The summed E-state index contributed by atoms with van der Waals surface area (Å²) in [4.78, 5) is 24.1. The molecule has 1 aromatic rings. The number of hydrogen-bond acceptors (Lipinski definition) is 2. The lowest BCUT2D eigenvalue weighted by atomic mass is 9.66. The molecular weight excluding hydrogens is 266 g/mol. The zero-order chi connectivity index (χ0) is 15.5. The molecule has 1 atom stereocenters. The van der Waals surface area contributed by atoms with Gasteiger partial charge in [0.25, 0.3) is 0 Å². The van der Waals surface area contributed by atoms with Gasteiger partial charge in [0.05, 0.1) is 0 Å². The van der Waals surface area contributed by atoms with Gasteiger partial charge in [0.15, 0.2) is 0 Å². The van der Waals surface area contributed by atoms with Crippen LogP contribution in [0.3, 0.4) is 0 Å². The quantitative estimate of drug-likeness (QED) is 0.846. The monoisotopic (exact) mass is 289 g/mol. The van der Waals surface area contributed by atoms with Gasteiger partial charge in [-0.25, -0.2) is 0 Å². The number of carbonyl (C=O) groups excluding carboxylic acids is 1. The molecule has 1 amide bonds. The molecule has 4 heteroatoms.